The van der Waals surface area contributed by atoms with E-state index in [0.717, 1.165) is 24.8 Å². The molecule has 96 valence electrons. The van der Waals surface area contributed by atoms with Gasteiger partial charge in [0.25, 0.3) is 0 Å². The standard InChI is InChI=1S/C14H24N2O/c1-12-5-3-7-16(11-12)13(2)9-15-10-14-6-4-8-17-14/h4,6,8,12-13,15H,3,5,7,9-11H2,1-2H3. The molecule has 1 aromatic heterocycles. The average molecular weight is 236 g/mol. The topological polar surface area (TPSA) is 28.4 Å². The van der Waals surface area contributed by atoms with Crippen molar-refractivity contribution >= 4 is 0 Å². The van der Waals surface area contributed by atoms with E-state index in [1.165, 1.54) is 25.9 Å². The second-order valence-electron chi connectivity index (χ2n) is 5.30. The molecule has 0 amide bonds. The van der Waals surface area contributed by atoms with E-state index < -0.39 is 0 Å². The number of rotatable bonds is 5. The molecule has 1 fully saturated rings. The first kappa shape index (κ1) is 12.7. The number of furan rings is 1. The highest BCUT2D eigenvalue weighted by Gasteiger charge is 2.20. The maximum atomic E-state index is 5.30. The van der Waals surface area contributed by atoms with Gasteiger partial charge >= 0.3 is 0 Å². The minimum atomic E-state index is 0.618. The van der Waals surface area contributed by atoms with Crippen molar-refractivity contribution in [1.29, 1.82) is 0 Å². The van der Waals surface area contributed by atoms with Crippen molar-refractivity contribution in [3.8, 4) is 0 Å². The molecule has 0 bridgehead atoms. The molecule has 3 heteroatoms. The molecule has 1 aromatic rings. The van der Waals surface area contributed by atoms with Crippen molar-refractivity contribution in [2.75, 3.05) is 19.6 Å². The van der Waals surface area contributed by atoms with Crippen molar-refractivity contribution < 1.29 is 4.42 Å². The first-order valence-electron chi connectivity index (χ1n) is 6.73. The molecule has 3 nitrogen and oxygen atoms in total. The SMILES string of the molecule is CC1CCCN(C(C)CNCc2ccco2)C1. The highest BCUT2D eigenvalue weighted by atomic mass is 16.3. The molecule has 0 aromatic carbocycles. The summed E-state index contributed by atoms with van der Waals surface area (Å²) < 4.78 is 5.30. The zero-order valence-corrected chi connectivity index (χ0v) is 11.0. The van der Waals surface area contributed by atoms with Gasteiger partial charge in [-0.3, -0.25) is 4.90 Å². The van der Waals surface area contributed by atoms with Crippen molar-refractivity contribution in [2.24, 2.45) is 5.92 Å². The fourth-order valence-corrected chi connectivity index (χ4v) is 2.57. The van der Waals surface area contributed by atoms with Crippen LogP contribution in [0.2, 0.25) is 0 Å². The van der Waals surface area contributed by atoms with Gasteiger partial charge in [0.15, 0.2) is 0 Å². The summed E-state index contributed by atoms with van der Waals surface area (Å²) in [5.74, 6) is 1.88. The maximum absolute atomic E-state index is 5.30. The van der Waals surface area contributed by atoms with E-state index in [-0.39, 0.29) is 0 Å². The third kappa shape index (κ3) is 3.86. The number of hydrogen-bond acceptors (Lipinski definition) is 3. The van der Waals surface area contributed by atoms with Gasteiger partial charge in [0.05, 0.1) is 12.8 Å². The molecule has 0 radical (unpaired) electrons. The smallest absolute Gasteiger partial charge is 0.117 e. The summed E-state index contributed by atoms with van der Waals surface area (Å²) in [4.78, 5) is 2.60. The third-order valence-corrected chi connectivity index (χ3v) is 3.63. The van der Waals surface area contributed by atoms with Gasteiger partial charge in [0.2, 0.25) is 0 Å². The number of piperidine rings is 1. The summed E-state index contributed by atoms with van der Waals surface area (Å²) in [5, 5.41) is 3.46. The maximum Gasteiger partial charge on any atom is 0.117 e. The molecule has 2 unspecified atom stereocenters. The van der Waals surface area contributed by atoms with Crippen LogP contribution in [0.3, 0.4) is 0 Å². The molecule has 2 atom stereocenters. The molecule has 17 heavy (non-hydrogen) atoms. The number of hydrogen-bond donors (Lipinski definition) is 1. The molecule has 2 heterocycles. The molecule has 0 aliphatic carbocycles. The minimum absolute atomic E-state index is 0.618. The van der Waals surface area contributed by atoms with E-state index in [0.29, 0.717) is 6.04 Å². The van der Waals surface area contributed by atoms with Gasteiger partial charge in [0.1, 0.15) is 5.76 Å². The summed E-state index contributed by atoms with van der Waals surface area (Å²) in [5.41, 5.74) is 0. The van der Waals surface area contributed by atoms with E-state index in [9.17, 15) is 0 Å². The quantitative estimate of drug-likeness (QED) is 0.851. The number of nitrogens with zero attached hydrogens (tertiary/aromatic N) is 1. The van der Waals surface area contributed by atoms with E-state index >= 15 is 0 Å². The van der Waals surface area contributed by atoms with Gasteiger partial charge in [-0.25, -0.2) is 0 Å². The number of nitrogens with one attached hydrogen (secondary N) is 1. The lowest BCUT2D eigenvalue weighted by Crippen LogP contribution is -2.45. The highest BCUT2D eigenvalue weighted by Crippen LogP contribution is 2.17. The van der Waals surface area contributed by atoms with Gasteiger partial charge in [-0.1, -0.05) is 6.92 Å². The van der Waals surface area contributed by atoms with Crippen LogP contribution in [-0.4, -0.2) is 30.6 Å². The van der Waals surface area contributed by atoms with Gasteiger partial charge < -0.3 is 9.73 Å². The largest absolute Gasteiger partial charge is 0.468 e. The van der Waals surface area contributed by atoms with Crippen LogP contribution >= 0.6 is 0 Å². The molecule has 1 aliphatic heterocycles. The first-order chi connectivity index (χ1) is 8.25. The van der Waals surface area contributed by atoms with Crippen LogP contribution in [0.1, 0.15) is 32.4 Å². The zero-order chi connectivity index (χ0) is 12.1. The van der Waals surface area contributed by atoms with Gasteiger partial charge in [0, 0.05) is 19.1 Å². The summed E-state index contributed by atoms with van der Waals surface area (Å²) >= 11 is 0. The Bertz CT molecular complexity index is 310. The zero-order valence-electron chi connectivity index (χ0n) is 11.0. The van der Waals surface area contributed by atoms with Crippen LogP contribution in [-0.2, 0) is 6.54 Å². The Balaban J connectivity index is 1.68. The van der Waals surface area contributed by atoms with Crippen LogP contribution in [0.15, 0.2) is 22.8 Å². The normalized spacial score (nSPS) is 23.8. The van der Waals surface area contributed by atoms with E-state index in [2.05, 4.69) is 24.1 Å². The Hall–Kier alpha value is -0.800. The summed E-state index contributed by atoms with van der Waals surface area (Å²) in [6, 6.07) is 4.57. The summed E-state index contributed by atoms with van der Waals surface area (Å²) in [6.45, 7) is 9.05. The third-order valence-electron chi connectivity index (χ3n) is 3.63. The molecular weight excluding hydrogens is 212 g/mol. The monoisotopic (exact) mass is 236 g/mol. The number of likely N-dealkylation sites (tertiary alicyclic amines) is 1. The Labute approximate surface area is 104 Å². The Morgan fingerprint density at radius 1 is 1.59 bits per heavy atom. The lowest BCUT2D eigenvalue weighted by molar-refractivity contribution is 0.136. The lowest BCUT2D eigenvalue weighted by atomic mass is 9.99. The Kier molecular flexibility index (Phi) is 4.63. The van der Waals surface area contributed by atoms with E-state index in [4.69, 9.17) is 4.42 Å². The Morgan fingerprint density at radius 3 is 3.18 bits per heavy atom. The van der Waals surface area contributed by atoms with Gasteiger partial charge in [-0.2, -0.15) is 0 Å². The fourth-order valence-electron chi connectivity index (χ4n) is 2.57. The van der Waals surface area contributed by atoms with Gasteiger partial charge in [-0.05, 0) is 44.4 Å². The van der Waals surface area contributed by atoms with Crippen LogP contribution in [0.4, 0.5) is 0 Å². The first-order valence-corrected chi connectivity index (χ1v) is 6.73. The molecular formula is C14H24N2O. The van der Waals surface area contributed by atoms with Crippen molar-refractivity contribution in [1.82, 2.24) is 10.2 Å². The molecule has 2 rings (SSSR count). The second kappa shape index (κ2) is 6.22. The van der Waals surface area contributed by atoms with E-state index in [1.54, 1.807) is 6.26 Å². The van der Waals surface area contributed by atoms with E-state index in [1.807, 2.05) is 12.1 Å². The second-order valence-corrected chi connectivity index (χ2v) is 5.30. The molecule has 1 saturated heterocycles. The Morgan fingerprint density at radius 2 is 2.47 bits per heavy atom. The molecule has 0 spiro atoms. The predicted molar refractivity (Wildman–Crippen MR) is 69.8 cm³/mol. The minimum Gasteiger partial charge on any atom is -0.468 e. The van der Waals surface area contributed by atoms with Crippen LogP contribution in [0.5, 0.6) is 0 Å². The predicted octanol–water partition coefficient (Wildman–Crippen LogP) is 2.49. The van der Waals surface area contributed by atoms with Crippen molar-refractivity contribution in [3.63, 3.8) is 0 Å². The molecule has 1 N–H and O–H groups in total. The highest BCUT2D eigenvalue weighted by molar-refractivity contribution is 4.97. The van der Waals surface area contributed by atoms with Crippen LogP contribution in [0, 0.1) is 5.92 Å². The van der Waals surface area contributed by atoms with Crippen molar-refractivity contribution in [3.05, 3.63) is 24.2 Å². The average Bonchev–Trinajstić information content (AvgIpc) is 2.82. The summed E-state index contributed by atoms with van der Waals surface area (Å²) in [7, 11) is 0. The van der Waals surface area contributed by atoms with Gasteiger partial charge in [-0.15, -0.1) is 0 Å². The lowest BCUT2D eigenvalue weighted by Gasteiger charge is -2.35. The van der Waals surface area contributed by atoms with Crippen LogP contribution in [0.25, 0.3) is 0 Å². The van der Waals surface area contributed by atoms with Crippen molar-refractivity contribution in [2.45, 2.75) is 39.3 Å². The molecule has 1 aliphatic rings. The molecule has 0 saturated carbocycles. The van der Waals surface area contributed by atoms with Crippen LogP contribution < -0.4 is 5.32 Å². The fraction of sp³-hybridized carbons (Fsp3) is 0.714. The summed E-state index contributed by atoms with van der Waals surface area (Å²) in [6.07, 6.45) is 4.47.